The Balaban J connectivity index is 2.46. The zero-order chi connectivity index (χ0) is 11.9. The van der Waals surface area contributed by atoms with Crippen LogP contribution < -0.4 is 0 Å². The van der Waals surface area contributed by atoms with Crippen LogP contribution in [0.2, 0.25) is 0 Å². The van der Waals surface area contributed by atoms with Crippen molar-refractivity contribution in [2.75, 3.05) is 0 Å². The minimum Gasteiger partial charge on any atom is -0.149 e. The zero-order valence-corrected chi connectivity index (χ0v) is 9.59. The SMILES string of the molecule is [c]1cc2c3ccccc3c3ccccc3c2nn1. The number of fused-ring (bicyclic) bond motifs is 6. The highest BCUT2D eigenvalue weighted by Crippen LogP contribution is 2.32. The third-order valence-electron chi connectivity index (χ3n) is 3.36. The van der Waals surface area contributed by atoms with E-state index in [4.69, 9.17) is 0 Å². The Morgan fingerprint density at radius 1 is 0.667 bits per heavy atom. The van der Waals surface area contributed by atoms with Gasteiger partial charge < -0.3 is 0 Å². The third-order valence-corrected chi connectivity index (χ3v) is 3.36. The molecule has 4 rings (SSSR count). The van der Waals surface area contributed by atoms with Crippen molar-refractivity contribution < 1.29 is 0 Å². The molecule has 0 unspecified atom stereocenters. The topological polar surface area (TPSA) is 25.8 Å². The molecule has 0 bridgehead atoms. The van der Waals surface area contributed by atoms with Gasteiger partial charge in [0.2, 0.25) is 0 Å². The van der Waals surface area contributed by atoms with Gasteiger partial charge >= 0.3 is 0 Å². The summed E-state index contributed by atoms with van der Waals surface area (Å²) < 4.78 is 0. The standard InChI is InChI=1S/C16H9N2/c1-2-7-13-11(5-1)12-6-3-4-8-14(12)16-15(13)9-10-17-18-16/h1-9H. The predicted octanol–water partition coefficient (Wildman–Crippen LogP) is 3.74. The minimum absolute atomic E-state index is 0.947. The van der Waals surface area contributed by atoms with Crippen molar-refractivity contribution >= 4 is 32.4 Å². The Hall–Kier alpha value is -2.48. The van der Waals surface area contributed by atoms with E-state index >= 15 is 0 Å². The molecule has 4 aromatic rings. The maximum absolute atomic E-state index is 4.25. The minimum atomic E-state index is 0.947. The average Bonchev–Trinajstić information content (AvgIpc) is 2.48. The molecule has 0 saturated heterocycles. The molecule has 2 heteroatoms. The molecule has 0 aliphatic heterocycles. The van der Waals surface area contributed by atoms with Crippen molar-refractivity contribution in [2.24, 2.45) is 0 Å². The lowest BCUT2D eigenvalue weighted by molar-refractivity contribution is 1.07. The molecule has 0 aliphatic carbocycles. The van der Waals surface area contributed by atoms with E-state index in [0.717, 1.165) is 16.3 Å². The summed E-state index contributed by atoms with van der Waals surface area (Å²) in [5.41, 5.74) is 0.947. The Bertz CT molecular complexity index is 661. The average molecular weight is 229 g/mol. The van der Waals surface area contributed by atoms with Gasteiger partial charge in [0, 0.05) is 10.8 Å². The summed E-state index contributed by atoms with van der Waals surface area (Å²) in [5, 5.41) is 14.1. The fourth-order valence-corrected chi connectivity index (χ4v) is 2.58. The Labute approximate surface area is 104 Å². The van der Waals surface area contributed by atoms with Crippen LogP contribution in [0.5, 0.6) is 0 Å². The van der Waals surface area contributed by atoms with Crippen LogP contribution in [-0.2, 0) is 0 Å². The number of aromatic nitrogens is 2. The molecule has 18 heavy (non-hydrogen) atoms. The number of hydrogen-bond donors (Lipinski definition) is 0. The maximum atomic E-state index is 4.25. The molecule has 0 atom stereocenters. The first-order chi connectivity index (χ1) is 8.95. The first-order valence-electron chi connectivity index (χ1n) is 5.88. The van der Waals surface area contributed by atoms with Gasteiger partial charge in [-0.3, -0.25) is 0 Å². The molecule has 1 radical (unpaired) electrons. The first kappa shape index (κ1) is 9.54. The molecule has 3 aromatic carbocycles. The summed E-state index contributed by atoms with van der Waals surface area (Å²) in [7, 11) is 0. The van der Waals surface area contributed by atoms with E-state index in [1.807, 2.05) is 12.1 Å². The van der Waals surface area contributed by atoms with E-state index in [1.165, 1.54) is 16.2 Å². The van der Waals surface area contributed by atoms with E-state index in [1.54, 1.807) is 0 Å². The highest BCUT2D eigenvalue weighted by molar-refractivity contribution is 6.23. The van der Waals surface area contributed by atoms with Crippen molar-refractivity contribution in [1.29, 1.82) is 0 Å². The van der Waals surface area contributed by atoms with Gasteiger partial charge in [0.05, 0.1) is 0 Å². The second-order valence-electron chi connectivity index (χ2n) is 4.33. The lowest BCUT2D eigenvalue weighted by atomic mass is 9.98. The molecule has 0 aliphatic rings. The van der Waals surface area contributed by atoms with Crippen LogP contribution in [0.3, 0.4) is 0 Å². The second kappa shape index (κ2) is 3.50. The van der Waals surface area contributed by atoms with E-state index in [-0.39, 0.29) is 0 Å². The maximum Gasteiger partial charge on any atom is 0.114 e. The number of hydrogen-bond acceptors (Lipinski definition) is 2. The molecular formula is C16H9N2. The van der Waals surface area contributed by atoms with E-state index in [0.29, 0.717) is 0 Å². The molecule has 1 heterocycles. The van der Waals surface area contributed by atoms with Crippen molar-refractivity contribution in [3.63, 3.8) is 0 Å². The molecular weight excluding hydrogens is 220 g/mol. The monoisotopic (exact) mass is 229 g/mol. The fourth-order valence-electron chi connectivity index (χ4n) is 2.58. The van der Waals surface area contributed by atoms with E-state index in [2.05, 4.69) is 58.9 Å². The summed E-state index contributed by atoms with van der Waals surface area (Å²) in [6.07, 6.45) is 2.83. The van der Waals surface area contributed by atoms with E-state index < -0.39 is 0 Å². The quantitative estimate of drug-likeness (QED) is 0.429. The summed E-state index contributed by atoms with van der Waals surface area (Å²) in [4.78, 5) is 0. The van der Waals surface area contributed by atoms with Gasteiger partial charge in [0.25, 0.3) is 0 Å². The van der Waals surface area contributed by atoms with Crippen LogP contribution >= 0.6 is 0 Å². The van der Waals surface area contributed by atoms with Crippen LogP contribution in [0.1, 0.15) is 0 Å². The Kier molecular flexibility index (Phi) is 1.86. The normalized spacial score (nSPS) is 11.3. The molecule has 83 valence electrons. The van der Waals surface area contributed by atoms with Gasteiger partial charge in [-0.25, -0.2) is 0 Å². The van der Waals surface area contributed by atoms with Gasteiger partial charge in [-0.15, -0.1) is 10.2 Å². The third kappa shape index (κ3) is 1.17. The van der Waals surface area contributed by atoms with Gasteiger partial charge in [-0.05, 0) is 22.2 Å². The first-order valence-corrected chi connectivity index (χ1v) is 5.88. The summed E-state index contributed by atoms with van der Waals surface area (Å²) in [5.74, 6) is 0. The summed E-state index contributed by atoms with van der Waals surface area (Å²) >= 11 is 0. The molecule has 2 nitrogen and oxygen atoms in total. The van der Waals surface area contributed by atoms with Crippen LogP contribution in [0.15, 0.2) is 54.6 Å². The molecule has 0 saturated carbocycles. The summed E-state index contributed by atoms with van der Waals surface area (Å²) in [6, 6.07) is 18.6. The number of benzene rings is 3. The molecule has 1 aromatic heterocycles. The molecule has 0 spiro atoms. The van der Waals surface area contributed by atoms with Gasteiger partial charge in [-0.1, -0.05) is 48.5 Å². The lowest BCUT2D eigenvalue weighted by Gasteiger charge is -2.07. The van der Waals surface area contributed by atoms with Crippen molar-refractivity contribution in [1.82, 2.24) is 10.2 Å². The molecule has 0 N–H and O–H groups in total. The highest BCUT2D eigenvalue weighted by Gasteiger charge is 2.08. The zero-order valence-electron chi connectivity index (χ0n) is 9.59. The van der Waals surface area contributed by atoms with E-state index in [9.17, 15) is 0 Å². The van der Waals surface area contributed by atoms with Crippen molar-refractivity contribution in [3.8, 4) is 0 Å². The smallest absolute Gasteiger partial charge is 0.114 e. The largest absolute Gasteiger partial charge is 0.149 e. The second-order valence-corrected chi connectivity index (χ2v) is 4.33. The van der Waals surface area contributed by atoms with Gasteiger partial charge in [0.15, 0.2) is 0 Å². The number of nitrogens with zero attached hydrogens (tertiary/aromatic N) is 2. The van der Waals surface area contributed by atoms with Crippen LogP contribution in [0, 0.1) is 6.20 Å². The van der Waals surface area contributed by atoms with Gasteiger partial charge in [-0.2, -0.15) is 0 Å². The van der Waals surface area contributed by atoms with Crippen LogP contribution in [0.4, 0.5) is 0 Å². The predicted molar refractivity (Wildman–Crippen MR) is 73.4 cm³/mol. The molecule has 0 fully saturated rings. The van der Waals surface area contributed by atoms with Gasteiger partial charge in [0.1, 0.15) is 11.7 Å². The Morgan fingerprint density at radius 2 is 1.22 bits per heavy atom. The highest BCUT2D eigenvalue weighted by atomic mass is 15.1. The number of rotatable bonds is 0. The van der Waals surface area contributed by atoms with Crippen LogP contribution in [0.25, 0.3) is 32.4 Å². The van der Waals surface area contributed by atoms with Crippen molar-refractivity contribution in [3.05, 3.63) is 60.8 Å². The fraction of sp³-hybridized carbons (Fsp3) is 0. The lowest BCUT2D eigenvalue weighted by Crippen LogP contribution is -1.87. The summed E-state index contributed by atoms with van der Waals surface area (Å²) in [6.45, 7) is 0. The molecule has 0 amide bonds. The Morgan fingerprint density at radius 3 is 1.94 bits per heavy atom. The van der Waals surface area contributed by atoms with Crippen LogP contribution in [-0.4, -0.2) is 10.2 Å². The van der Waals surface area contributed by atoms with Crippen molar-refractivity contribution in [2.45, 2.75) is 0 Å².